The van der Waals surface area contributed by atoms with Gasteiger partial charge in [-0.25, -0.2) is 18.7 Å². The van der Waals surface area contributed by atoms with Crippen molar-refractivity contribution < 1.29 is 13.6 Å². The van der Waals surface area contributed by atoms with E-state index in [0.29, 0.717) is 47.4 Å². The van der Waals surface area contributed by atoms with E-state index in [2.05, 4.69) is 9.97 Å². The summed E-state index contributed by atoms with van der Waals surface area (Å²) < 4.78 is 29.7. The Morgan fingerprint density at radius 1 is 1.10 bits per heavy atom. The Balaban J connectivity index is 1.36. The van der Waals surface area contributed by atoms with Crippen LogP contribution in [-0.4, -0.2) is 51.4 Å². The van der Waals surface area contributed by atoms with Gasteiger partial charge >= 0.3 is 0 Å². The number of halogens is 2. The number of piperazine rings is 1. The van der Waals surface area contributed by atoms with Gasteiger partial charge in [0.05, 0.1) is 10.4 Å². The Labute approximate surface area is 169 Å². The summed E-state index contributed by atoms with van der Waals surface area (Å²) in [6.07, 6.45) is 1.84. The molecule has 1 aliphatic rings. The first-order valence-electron chi connectivity index (χ1n) is 9.25. The normalized spacial score (nSPS) is 14.9. The summed E-state index contributed by atoms with van der Waals surface area (Å²) in [5, 5.41) is 0.641. The number of imidazole rings is 1. The van der Waals surface area contributed by atoms with Crippen molar-refractivity contribution in [2.75, 3.05) is 31.1 Å². The van der Waals surface area contributed by atoms with Crippen LogP contribution in [0.1, 0.15) is 16.2 Å². The number of benzene rings is 1. The summed E-state index contributed by atoms with van der Waals surface area (Å²) in [7, 11) is 0. The monoisotopic (exact) mass is 413 g/mol. The molecule has 9 heteroatoms. The molecule has 4 aromatic rings. The lowest BCUT2D eigenvalue weighted by molar-refractivity contribution is 0.0739. The number of nitrogens with zero attached hydrogens (tertiary/aromatic N) is 5. The van der Waals surface area contributed by atoms with E-state index in [1.807, 2.05) is 40.6 Å². The Bertz CT molecular complexity index is 1240. The molecule has 1 amide bonds. The summed E-state index contributed by atoms with van der Waals surface area (Å²) in [5.41, 5.74) is 2.21. The molecule has 1 saturated heterocycles. The van der Waals surface area contributed by atoms with Crippen LogP contribution in [0.2, 0.25) is 0 Å². The van der Waals surface area contributed by atoms with Crippen LogP contribution >= 0.6 is 11.3 Å². The molecule has 0 unspecified atom stereocenters. The first-order chi connectivity index (χ1) is 14.0. The zero-order valence-corrected chi connectivity index (χ0v) is 16.4. The fourth-order valence-electron chi connectivity index (χ4n) is 3.70. The molecule has 0 spiro atoms. The average Bonchev–Trinajstić information content (AvgIpc) is 3.28. The Kier molecular flexibility index (Phi) is 4.20. The smallest absolute Gasteiger partial charge is 0.272 e. The standard InChI is InChI=1S/C20H17F2N5OS/c1-12-18(27-5-3-2-4-16(27)23-12)19(28)25-6-8-26(9-7-25)20-24-17-14(22)10-13(21)11-15(17)29-20/h2-5,10-11H,6-9H2,1H3. The molecular weight excluding hydrogens is 396 g/mol. The SMILES string of the molecule is Cc1nc2ccccn2c1C(=O)N1CCN(c2nc3c(F)cc(F)cc3s2)CC1. The van der Waals surface area contributed by atoms with Gasteiger partial charge in [0.25, 0.3) is 5.91 Å². The summed E-state index contributed by atoms with van der Waals surface area (Å²) in [5.74, 6) is -1.32. The molecule has 148 valence electrons. The summed E-state index contributed by atoms with van der Waals surface area (Å²) in [6.45, 7) is 4.03. The van der Waals surface area contributed by atoms with Crippen molar-refractivity contribution in [3.05, 3.63) is 59.6 Å². The molecule has 0 saturated carbocycles. The largest absolute Gasteiger partial charge is 0.345 e. The number of carbonyl (C=O) groups is 1. The van der Waals surface area contributed by atoms with E-state index in [0.717, 1.165) is 11.7 Å². The quantitative estimate of drug-likeness (QED) is 0.505. The van der Waals surface area contributed by atoms with E-state index in [-0.39, 0.29) is 11.4 Å². The highest BCUT2D eigenvalue weighted by atomic mass is 32.1. The number of aryl methyl sites for hydroxylation is 1. The fourth-order valence-corrected chi connectivity index (χ4v) is 4.76. The van der Waals surface area contributed by atoms with Crippen molar-refractivity contribution in [1.82, 2.24) is 19.3 Å². The molecule has 0 atom stereocenters. The predicted molar refractivity (Wildman–Crippen MR) is 108 cm³/mol. The number of rotatable bonds is 2. The zero-order valence-electron chi connectivity index (χ0n) is 15.6. The minimum absolute atomic E-state index is 0.0572. The van der Waals surface area contributed by atoms with Crippen LogP contribution in [0.4, 0.5) is 13.9 Å². The lowest BCUT2D eigenvalue weighted by atomic mass is 10.2. The van der Waals surface area contributed by atoms with Crippen molar-refractivity contribution >= 4 is 38.2 Å². The number of anilines is 1. The zero-order chi connectivity index (χ0) is 20.1. The van der Waals surface area contributed by atoms with Gasteiger partial charge in [-0.3, -0.25) is 9.20 Å². The van der Waals surface area contributed by atoms with Gasteiger partial charge in [-0.15, -0.1) is 0 Å². The van der Waals surface area contributed by atoms with Gasteiger partial charge in [0, 0.05) is 38.4 Å². The minimum atomic E-state index is -0.653. The van der Waals surface area contributed by atoms with E-state index in [1.54, 1.807) is 4.90 Å². The molecule has 6 nitrogen and oxygen atoms in total. The predicted octanol–water partition coefficient (Wildman–Crippen LogP) is 3.49. The van der Waals surface area contributed by atoms with Gasteiger partial charge in [0.15, 0.2) is 10.9 Å². The van der Waals surface area contributed by atoms with Crippen LogP contribution in [0.15, 0.2) is 36.5 Å². The highest BCUT2D eigenvalue weighted by molar-refractivity contribution is 7.22. The third-order valence-electron chi connectivity index (χ3n) is 5.15. The molecule has 0 bridgehead atoms. The van der Waals surface area contributed by atoms with Crippen molar-refractivity contribution in [2.45, 2.75) is 6.92 Å². The minimum Gasteiger partial charge on any atom is -0.345 e. The topological polar surface area (TPSA) is 53.7 Å². The van der Waals surface area contributed by atoms with Crippen molar-refractivity contribution in [3.8, 4) is 0 Å². The van der Waals surface area contributed by atoms with Crippen LogP contribution in [0, 0.1) is 18.6 Å². The lowest BCUT2D eigenvalue weighted by Gasteiger charge is -2.34. The first-order valence-corrected chi connectivity index (χ1v) is 10.1. The molecule has 1 aromatic carbocycles. The Morgan fingerprint density at radius 2 is 1.90 bits per heavy atom. The van der Waals surface area contributed by atoms with Crippen molar-refractivity contribution in [2.24, 2.45) is 0 Å². The number of thiazole rings is 1. The maximum Gasteiger partial charge on any atom is 0.272 e. The van der Waals surface area contributed by atoms with E-state index in [4.69, 9.17) is 0 Å². The van der Waals surface area contributed by atoms with Crippen molar-refractivity contribution in [1.29, 1.82) is 0 Å². The maximum atomic E-state index is 13.9. The number of pyridine rings is 1. The molecule has 29 heavy (non-hydrogen) atoms. The number of hydrogen-bond donors (Lipinski definition) is 0. The van der Waals surface area contributed by atoms with Crippen LogP contribution in [0.25, 0.3) is 15.9 Å². The van der Waals surface area contributed by atoms with E-state index >= 15 is 0 Å². The molecule has 0 aliphatic carbocycles. The lowest BCUT2D eigenvalue weighted by Crippen LogP contribution is -2.49. The highest BCUT2D eigenvalue weighted by Crippen LogP contribution is 2.31. The van der Waals surface area contributed by atoms with Gasteiger partial charge in [0.1, 0.15) is 22.7 Å². The Morgan fingerprint density at radius 3 is 2.69 bits per heavy atom. The highest BCUT2D eigenvalue weighted by Gasteiger charge is 2.27. The summed E-state index contributed by atoms with van der Waals surface area (Å²) in [4.78, 5) is 25.7. The average molecular weight is 413 g/mol. The first kappa shape index (κ1) is 18.0. The van der Waals surface area contributed by atoms with Gasteiger partial charge in [-0.2, -0.15) is 0 Å². The van der Waals surface area contributed by atoms with Gasteiger partial charge in [-0.1, -0.05) is 17.4 Å². The molecule has 3 aromatic heterocycles. The summed E-state index contributed by atoms with van der Waals surface area (Å²) in [6, 6.07) is 7.78. The van der Waals surface area contributed by atoms with Gasteiger partial charge in [-0.05, 0) is 25.1 Å². The molecule has 0 N–H and O–H groups in total. The fraction of sp³-hybridized carbons (Fsp3) is 0.250. The molecule has 1 aliphatic heterocycles. The summed E-state index contributed by atoms with van der Waals surface area (Å²) >= 11 is 1.26. The molecular formula is C20H17F2N5OS. The second kappa shape index (κ2) is 6.77. The second-order valence-electron chi connectivity index (χ2n) is 6.98. The second-order valence-corrected chi connectivity index (χ2v) is 7.99. The number of carbonyl (C=O) groups excluding carboxylic acids is 1. The third-order valence-corrected chi connectivity index (χ3v) is 6.21. The molecule has 0 radical (unpaired) electrons. The number of amides is 1. The molecule has 5 rings (SSSR count). The van der Waals surface area contributed by atoms with E-state index in [1.165, 1.54) is 17.4 Å². The van der Waals surface area contributed by atoms with Crippen LogP contribution < -0.4 is 4.90 Å². The van der Waals surface area contributed by atoms with E-state index < -0.39 is 11.6 Å². The van der Waals surface area contributed by atoms with Gasteiger partial charge < -0.3 is 9.80 Å². The molecule has 4 heterocycles. The van der Waals surface area contributed by atoms with Crippen LogP contribution in [0.5, 0.6) is 0 Å². The number of aromatic nitrogens is 3. The van der Waals surface area contributed by atoms with E-state index in [9.17, 15) is 13.6 Å². The molecule has 1 fully saturated rings. The number of fused-ring (bicyclic) bond motifs is 2. The van der Waals surface area contributed by atoms with Gasteiger partial charge in [0.2, 0.25) is 0 Å². The van der Waals surface area contributed by atoms with Crippen molar-refractivity contribution in [3.63, 3.8) is 0 Å². The maximum absolute atomic E-state index is 13.9. The third kappa shape index (κ3) is 3.02. The Hall–Kier alpha value is -3.07. The number of hydrogen-bond acceptors (Lipinski definition) is 5. The van der Waals surface area contributed by atoms with Crippen LogP contribution in [-0.2, 0) is 0 Å². The van der Waals surface area contributed by atoms with Crippen LogP contribution in [0.3, 0.4) is 0 Å².